The summed E-state index contributed by atoms with van der Waals surface area (Å²) < 4.78 is 18.2. The number of Topliss-reactive ketones (excluding diaryl/α,β-unsaturated/α-hetero) is 1. The first kappa shape index (κ1) is 18.4. The van der Waals surface area contributed by atoms with E-state index in [0.29, 0.717) is 38.5 Å². The Balaban J connectivity index is 1.74. The van der Waals surface area contributed by atoms with Crippen LogP contribution in [0.25, 0.3) is 0 Å². The summed E-state index contributed by atoms with van der Waals surface area (Å²) in [4.78, 5) is 28.0. The molecule has 0 aliphatic carbocycles. The lowest BCUT2D eigenvalue weighted by Crippen LogP contribution is -2.51. The summed E-state index contributed by atoms with van der Waals surface area (Å²) in [5.41, 5.74) is -0.337. The van der Waals surface area contributed by atoms with Gasteiger partial charge in [0.15, 0.2) is 12.4 Å². The largest absolute Gasteiger partial charge is 0.484 e. The molecule has 0 bridgehead atoms. The van der Waals surface area contributed by atoms with Crippen molar-refractivity contribution in [3.05, 3.63) is 30.1 Å². The highest BCUT2D eigenvalue weighted by Crippen LogP contribution is 2.16. The lowest BCUT2D eigenvalue weighted by Gasteiger charge is -2.35. The van der Waals surface area contributed by atoms with Crippen LogP contribution in [0.4, 0.5) is 4.39 Å². The van der Waals surface area contributed by atoms with E-state index in [9.17, 15) is 14.0 Å². The van der Waals surface area contributed by atoms with Gasteiger partial charge in [-0.3, -0.25) is 14.5 Å². The summed E-state index contributed by atoms with van der Waals surface area (Å²) in [7, 11) is 0. The molecule has 0 atom stereocenters. The molecule has 1 aliphatic heterocycles. The smallest absolute Gasteiger partial charge is 0.260 e. The fourth-order valence-electron chi connectivity index (χ4n) is 2.36. The van der Waals surface area contributed by atoms with E-state index in [-0.39, 0.29) is 29.5 Å². The van der Waals surface area contributed by atoms with Crippen molar-refractivity contribution >= 4 is 11.7 Å². The van der Waals surface area contributed by atoms with E-state index in [0.717, 1.165) is 0 Å². The highest BCUT2D eigenvalue weighted by molar-refractivity contribution is 5.85. The fraction of sp³-hybridized carbons (Fsp3) is 0.556. The summed E-state index contributed by atoms with van der Waals surface area (Å²) in [6, 6.07) is 5.59. The number of rotatable bonds is 5. The molecule has 6 heteroatoms. The topological polar surface area (TPSA) is 49.9 Å². The second kappa shape index (κ2) is 7.75. The summed E-state index contributed by atoms with van der Waals surface area (Å²) in [5, 5.41) is 0. The predicted octanol–water partition coefficient (Wildman–Crippen LogP) is 1.96. The lowest BCUT2D eigenvalue weighted by atomic mass is 9.90. The van der Waals surface area contributed by atoms with Crippen LogP contribution in [-0.4, -0.2) is 60.8 Å². The van der Waals surface area contributed by atoms with Crippen molar-refractivity contribution in [2.45, 2.75) is 20.8 Å². The number of piperazine rings is 1. The third-order valence-electron chi connectivity index (χ3n) is 4.10. The highest BCUT2D eigenvalue weighted by Gasteiger charge is 2.27. The van der Waals surface area contributed by atoms with Gasteiger partial charge in [-0.25, -0.2) is 4.39 Å². The molecule has 0 spiro atoms. The van der Waals surface area contributed by atoms with Gasteiger partial charge in [-0.15, -0.1) is 0 Å². The molecule has 24 heavy (non-hydrogen) atoms. The van der Waals surface area contributed by atoms with Gasteiger partial charge in [-0.05, 0) is 24.3 Å². The van der Waals surface area contributed by atoms with Crippen LogP contribution in [0.1, 0.15) is 20.8 Å². The van der Waals surface area contributed by atoms with Crippen LogP contribution in [0.15, 0.2) is 24.3 Å². The lowest BCUT2D eigenvalue weighted by molar-refractivity contribution is -0.135. The van der Waals surface area contributed by atoms with Gasteiger partial charge in [0.1, 0.15) is 11.6 Å². The Morgan fingerprint density at radius 1 is 1.08 bits per heavy atom. The third kappa shape index (κ3) is 5.30. The van der Waals surface area contributed by atoms with Gasteiger partial charge in [0.25, 0.3) is 5.91 Å². The summed E-state index contributed by atoms with van der Waals surface area (Å²) in [6.07, 6.45) is 0. The number of benzene rings is 1. The van der Waals surface area contributed by atoms with E-state index in [2.05, 4.69) is 4.90 Å². The number of amides is 1. The molecule has 1 aromatic carbocycles. The van der Waals surface area contributed by atoms with Crippen molar-refractivity contribution in [2.24, 2.45) is 5.41 Å². The van der Waals surface area contributed by atoms with E-state index in [1.807, 2.05) is 20.8 Å². The number of ketones is 1. The molecule has 1 amide bonds. The zero-order valence-electron chi connectivity index (χ0n) is 14.5. The molecule has 1 aliphatic rings. The van der Waals surface area contributed by atoms with E-state index < -0.39 is 0 Å². The van der Waals surface area contributed by atoms with Crippen molar-refractivity contribution in [2.75, 3.05) is 39.3 Å². The van der Waals surface area contributed by atoms with Crippen molar-refractivity contribution in [3.63, 3.8) is 0 Å². The average molecular weight is 336 g/mol. The minimum absolute atomic E-state index is 0.0629. The van der Waals surface area contributed by atoms with Crippen molar-refractivity contribution in [1.29, 1.82) is 0 Å². The molecule has 1 fully saturated rings. The molecule has 0 saturated carbocycles. The van der Waals surface area contributed by atoms with Crippen LogP contribution in [-0.2, 0) is 9.59 Å². The van der Waals surface area contributed by atoms with Crippen molar-refractivity contribution in [3.8, 4) is 5.75 Å². The maximum atomic E-state index is 12.8. The van der Waals surface area contributed by atoms with Crippen LogP contribution in [0, 0.1) is 11.2 Å². The Labute approximate surface area is 142 Å². The SMILES string of the molecule is CC(C)(C)C(=O)CN1CCN(C(=O)COc2ccc(F)cc2)CC1. The molecule has 5 nitrogen and oxygen atoms in total. The molecule has 1 aromatic rings. The van der Waals surface area contributed by atoms with E-state index in [4.69, 9.17) is 4.74 Å². The zero-order valence-corrected chi connectivity index (χ0v) is 14.5. The van der Waals surface area contributed by atoms with Crippen LogP contribution in [0.5, 0.6) is 5.75 Å². The summed E-state index contributed by atoms with van der Waals surface area (Å²) in [5.74, 6) is 0.247. The van der Waals surface area contributed by atoms with Crippen molar-refractivity contribution in [1.82, 2.24) is 9.80 Å². The summed E-state index contributed by atoms with van der Waals surface area (Å²) >= 11 is 0. The first-order valence-electron chi connectivity index (χ1n) is 8.17. The monoisotopic (exact) mass is 336 g/mol. The Morgan fingerprint density at radius 3 is 2.21 bits per heavy atom. The highest BCUT2D eigenvalue weighted by atomic mass is 19.1. The fourth-order valence-corrected chi connectivity index (χ4v) is 2.36. The van der Waals surface area contributed by atoms with Gasteiger partial charge in [0, 0.05) is 31.6 Å². The zero-order chi connectivity index (χ0) is 17.7. The maximum Gasteiger partial charge on any atom is 0.260 e. The van der Waals surface area contributed by atoms with Crippen LogP contribution in [0.2, 0.25) is 0 Å². The molecule has 1 heterocycles. The molecule has 132 valence electrons. The number of carbonyl (C=O) groups is 2. The first-order valence-corrected chi connectivity index (χ1v) is 8.17. The number of ether oxygens (including phenoxy) is 1. The number of carbonyl (C=O) groups excluding carboxylic acids is 2. The van der Waals surface area contributed by atoms with E-state index >= 15 is 0 Å². The number of nitrogens with zero attached hydrogens (tertiary/aromatic N) is 2. The van der Waals surface area contributed by atoms with Gasteiger partial charge >= 0.3 is 0 Å². The molecular formula is C18H25FN2O3. The van der Waals surface area contributed by atoms with Crippen LogP contribution < -0.4 is 4.74 Å². The minimum Gasteiger partial charge on any atom is -0.484 e. The molecule has 0 aromatic heterocycles. The Bertz CT molecular complexity index is 573. The van der Waals surface area contributed by atoms with E-state index in [1.54, 1.807) is 4.90 Å². The molecule has 1 saturated heterocycles. The molecule has 0 radical (unpaired) electrons. The quantitative estimate of drug-likeness (QED) is 0.825. The Kier molecular flexibility index (Phi) is 5.94. The number of hydrogen-bond donors (Lipinski definition) is 0. The Hall–Kier alpha value is -1.95. The van der Waals surface area contributed by atoms with Gasteiger partial charge in [-0.2, -0.15) is 0 Å². The predicted molar refractivity (Wildman–Crippen MR) is 89.4 cm³/mol. The summed E-state index contributed by atoms with van der Waals surface area (Å²) in [6.45, 7) is 8.66. The number of halogens is 1. The van der Waals surface area contributed by atoms with E-state index in [1.165, 1.54) is 24.3 Å². The normalized spacial score (nSPS) is 16.1. The second-order valence-corrected chi connectivity index (χ2v) is 7.07. The van der Waals surface area contributed by atoms with Gasteiger partial charge < -0.3 is 9.64 Å². The maximum absolute atomic E-state index is 12.8. The third-order valence-corrected chi connectivity index (χ3v) is 4.10. The van der Waals surface area contributed by atoms with Gasteiger partial charge in [0.05, 0.1) is 6.54 Å². The van der Waals surface area contributed by atoms with Crippen molar-refractivity contribution < 1.29 is 18.7 Å². The number of hydrogen-bond acceptors (Lipinski definition) is 4. The Morgan fingerprint density at radius 2 is 1.67 bits per heavy atom. The second-order valence-electron chi connectivity index (χ2n) is 7.07. The molecule has 2 rings (SSSR count). The molecule has 0 N–H and O–H groups in total. The van der Waals surface area contributed by atoms with Gasteiger partial charge in [-0.1, -0.05) is 20.8 Å². The van der Waals surface area contributed by atoms with Crippen LogP contribution in [0.3, 0.4) is 0 Å². The molecular weight excluding hydrogens is 311 g/mol. The average Bonchev–Trinajstić information content (AvgIpc) is 2.54. The van der Waals surface area contributed by atoms with Gasteiger partial charge in [0.2, 0.25) is 0 Å². The molecule has 0 unspecified atom stereocenters. The standard InChI is InChI=1S/C18H25FN2O3/c1-18(2,3)16(22)12-20-8-10-21(11-9-20)17(23)13-24-15-6-4-14(19)5-7-15/h4-7H,8-13H2,1-3H3. The minimum atomic E-state index is -0.338. The van der Waals surface area contributed by atoms with Crippen LogP contribution >= 0.6 is 0 Å². The first-order chi connectivity index (χ1) is 11.3.